The molecule has 0 saturated carbocycles. The maximum atomic E-state index is 13.2. The Morgan fingerprint density at radius 1 is 1.35 bits per heavy atom. The first-order valence-corrected chi connectivity index (χ1v) is 10.6. The SMILES string of the molecule is Cc1[nH]ncc1S(=O)(=O)N1c2cc(NC(=O)OC(C)(C)C(F)(F)F)ccc2OC[C@H]1C. The van der Waals surface area contributed by atoms with Gasteiger partial charge in [-0.15, -0.1) is 0 Å². The van der Waals surface area contributed by atoms with Crippen molar-refractivity contribution in [1.82, 2.24) is 10.2 Å². The Balaban J connectivity index is 1.93. The van der Waals surface area contributed by atoms with Gasteiger partial charge in [0, 0.05) is 5.69 Å². The Labute approximate surface area is 176 Å². The van der Waals surface area contributed by atoms with Crippen molar-refractivity contribution < 1.29 is 35.9 Å². The maximum absolute atomic E-state index is 13.2. The van der Waals surface area contributed by atoms with Gasteiger partial charge in [-0.1, -0.05) is 0 Å². The van der Waals surface area contributed by atoms with Crippen LogP contribution < -0.4 is 14.4 Å². The number of aryl methyl sites for hydroxylation is 1. The number of aromatic amines is 1. The standard InChI is InChI=1S/C18H21F3N4O5S/c1-10-9-29-14-6-5-12(23-16(26)30-17(3,4)18(19,20)21)7-13(14)25(10)31(27,28)15-8-22-24-11(15)2/h5-8,10H,9H2,1-4H3,(H,22,24)(H,23,26)/t10-/m1/s1. The number of H-pyrrole nitrogens is 1. The van der Waals surface area contributed by atoms with E-state index in [2.05, 4.69) is 20.3 Å². The van der Waals surface area contributed by atoms with Gasteiger partial charge in [0.2, 0.25) is 5.60 Å². The van der Waals surface area contributed by atoms with Crippen LogP contribution in [0, 0.1) is 6.92 Å². The highest BCUT2D eigenvalue weighted by Gasteiger charge is 2.51. The van der Waals surface area contributed by atoms with E-state index in [0.717, 1.165) is 18.2 Å². The van der Waals surface area contributed by atoms with Crippen molar-refractivity contribution in [3.63, 3.8) is 0 Å². The van der Waals surface area contributed by atoms with Gasteiger partial charge in [0.1, 0.15) is 17.3 Å². The third-order valence-electron chi connectivity index (χ3n) is 4.67. The molecule has 1 aliphatic rings. The van der Waals surface area contributed by atoms with Crippen molar-refractivity contribution in [3.05, 3.63) is 30.1 Å². The number of sulfonamides is 1. The molecule has 0 spiro atoms. The van der Waals surface area contributed by atoms with Crippen LogP contribution in [0.3, 0.4) is 0 Å². The van der Waals surface area contributed by atoms with E-state index < -0.39 is 33.9 Å². The number of hydrogen-bond acceptors (Lipinski definition) is 6. The minimum Gasteiger partial charge on any atom is -0.489 e. The van der Waals surface area contributed by atoms with E-state index in [1.807, 2.05) is 0 Å². The number of nitrogens with one attached hydrogen (secondary N) is 2. The minimum absolute atomic E-state index is 0.0306. The minimum atomic E-state index is -4.77. The van der Waals surface area contributed by atoms with Crippen LogP contribution in [0.25, 0.3) is 0 Å². The first kappa shape index (κ1) is 22.7. The number of amides is 1. The summed E-state index contributed by atoms with van der Waals surface area (Å²) < 4.78 is 76.5. The van der Waals surface area contributed by atoms with Gasteiger partial charge in [-0.2, -0.15) is 18.3 Å². The average Bonchev–Trinajstić information content (AvgIpc) is 3.06. The van der Waals surface area contributed by atoms with Gasteiger partial charge in [0.15, 0.2) is 0 Å². The number of rotatable bonds is 4. The summed E-state index contributed by atoms with van der Waals surface area (Å²) in [6.07, 6.45) is -4.92. The molecule has 170 valence electrons. The number of aromatic nitrogens is 2. The summed E-state index contributed by atoms with van der Waals surface area (Å²) >= 11 is 0. The second-order valence-electron chi connectivity index (χ2n) is 7.53. The summed E-state index contributed by atoms with van der Waals surface area (Å²) in [4.78, 5) is 12.0. The van der Waals surface area contributed by atoms with Crippen LogP contribution in [0.5, 0.6) is 5.75 Å². The monoisotopic (exact) mass is 462 g/mol. The molecule has 2 N–H and O–H groups in total. The zero-order valence-corrected chi connectivity index (χ0v) is 17.9. The van der Waals surface area contributed by atoms with Gasteiger partial charge in [-0.3, -0.25) is 14.7 Å². The number of halogens is 3. The van der Waals surface area contributed by atoms with Crippen molar-refractivity contribution >= 4 is 27.5 Å². The molecule has 0 aliphatic carbocycles. The van der Waals surface area contributed by atoms with Crippen LogP contribution in [-0.2, 0) is 14.8 Å². The van der Waals surface area contributed by atoms with Gasteiger partial charge in [-0.25, -0.2) is 13.2 Å². The number of carbonyl (C=O) groups excluding carboxylic acids is 1. The Morgan fingerprint density at radius 2 is 2.03 bits per heavy atom. The van der Waals surface area contributed by atoms with E-state index >= 15 is 0 Å². The largest absolute Gasteiger partial charge is 0.489 e. The lowest BCUT2D eigenvalue weighted by molar-refractivity contribution is -0.242. The van der Waals surface area contributed by atoms with Crippen molar-refractivity contribution in [2.45, 2.75) is 50.4 Å². The molecule has 1 amide bonds. The molecule has 3 rings (SSSR count). The number of nitrogens with zero attached hydrogens (tertiary/aromatic N) is 2. The molecule has 0 fully saturated rings. The van der Waals surface area contributed by atoms with Crippen LogP contribution in [0.1, 0.15) is 26.5 Å². The van der Waals surface area contributed by atoms with E-state index in [9.17, 15) is 26.4 Å². The summed E-state index contributed by atoms with van der Waals surface area (Å²) in [6, 6.07) is 3.47. The summed E-state index contributed by atoms with van der Waals surface area (Å²) in [5.74, 6) is 0.234. The van der Waals surface area contributed by atoms with E-state index in [4.69, 9.17) is 4.74 Å². The van der Waals surface area contributed by atoms with Gasteiger partial charge >= 0.3 is 12.3 Å². The first-order valence-electron chi connectivity index (χ1n) is 9.12. The van der Waals surface area contributed by atoms with Gasteiger partial charge in [0.25, 0.3) is 10.0 Å². The molecule has 0 unspecified atom stereocenters. The van der Waals surface area contributed by atoms with E-state index in [0.29, 0.717) is 5.69 Å². The fourth-order valence-electron chi connectivity index (χ4n) is 2.91. The molecule has 31 heavy (non-hydrogen) atoms. The van der Waals surface area contributed by atoms with Crippen LogP contribution in [0.4, 0.5) is 29.3 Å². The number of anilines is 2. The molecule has 1 aromatic heterocycles. The fourth-order valence-corrected chi connectivity index (χ4v) is 4.68. The number of carbonyl (C=O) groups is 1. The first-order chi connectivity index (χ1) is 14.2. The molecule has 1 atom stereocenters. The van der Waals surface area contributed by atoms with Crippen molar-refractivity contribution in [1.29, 1.82) is 0 Å². The van der Waals surface area contributed by atoms with Crippen LogP contribution in [0.2, 0.25) is 0 Å². The lowest BCUT2D eigenvalue weighted by atomic mass is 10.1. The maximum Gasteiger partial charge on any atom is 0.427 e. The Hall–Kier alpha value is -2.96. The summed E-state index contributed by atoms with van der Waals surface area (Å²) in [5, 5.41) is 8.52. The van der Waals surface area contributed by atoms with E-state index in [1.54, 1.807) is 13.8 Å². The molecule has 13 heteroatoms. The zero-order chi connectivity index (χ0) is 23.2. The topological polar surface area (TPSA) is 114 Å². The lowest BCUT2D eigenvalue weighted by Crippen LogP contribution is -2.45. The van der Waals surface area contributed by atoms with Crippen LogP contribution in [0.15, 0.2) is 29.3 Å². The molecule has 0 radical (unpaired) electrons. The van der Waals surface area contributed by atoms with Crippen molar-refractivity contribution in [2.75, 3.05) is 16.2 Å². The highest BCUT2D eigenvalue weighted by Crippen LogP contribution is 2.40. The third kappa shape index (κ3) is 4.27. The zero-order valence-electron chi connectivity index (χ0n) is 17.1. The molecule has 2 heterocycles. The number of fused-ring (bicyclic) bond motifs is 1. The fraction of sp³-hybridized carbons (Fsp3) is 0.444. The quantitative estimate of drug-likeness (QED) is 0.718. The van der Waals surface area contributed by atoms with Crippen LogP contribution in [-0.4, -0.2) is 49.1 Å². The van der Waals surface area contributed by atoms with Gasteiger partial charge < -0.3 is 9.47 Å². The van der Waals surface area contributed by atoms with Crippen molar-refractivity contribution in [2.24, 2.45) is 0 Å². The summed E-state index contributed by atoms with van der Waals surface area (Å²) in [5.41, 5.74) is -2.22. The van der Waals surface area contributed by atoms with Crippen molar-refractivity contribution in [3.8, 4) is 5.75 Å². The van der Waals surface area contributed by atoms with Gasteiger partial charge in [0.05, 0.1) is 23.6 Å². The number of ether oxygens (including phenoxy) is 2. The molecule has 1 aliphatic heterocycles. The second-order valence-corrected chi connectivity index (χ2v) is 9.31. The molecule has 9 nitrogen and oxygen atoms in total. The highest BCUT2D eigenvalue weighted by molar-refractivity contribution is 7.93. The molecular weight excluding hydrogens is 441 g/mol. The molecule has 1 aromatic carbocycles. The predicted molar refractivity (Wildman–Crippen MR) is 105 cm³/mol. The number of benzene rings is 1. The molecular formula is C18H21F3N4O5S. The lowest BCUT2D eigenvalue weighted by Gasteiger charge is -2.35. The van der Waals surface area contributed by atoms with Crippen LogP contribution >= 0.6 is 0 Å². The summed E-state index contributed by atoms with van der Waals surface area (Å²) in [7, 11) is -4.04. The number of alkyl halides is 3. The van der Waals surface area contributed by atoms with E-state index in [-0.39, 0.29) is 28.6 Å². The Kier molecular flexibility index (Phi) is 5.59. The molecule has 2 aromatic rings. The smallest absolute Gasteiger partial charge is 0.427 e. The van der Waals surface area contributed by atoms with E-state index in [1.165, 1.54) is 24.4 Å². The summed E-state index contributed by atoms with van der Waals surface area (Å²) in [6.45, 7) is 4.71. The highest BCUT2D eigenvalue weighted by atomic mass is 32.2. The third-order valence-corrected chi connectivity index (χ3v) is 6.72. The molecule has 0 saturated heterocycles. The Bertz CT molecular complexity index is 1100. The second kappa shape index (κ2) is 7.62. The number of hydrogen-bond donors (Lipinski definition) is 2. The normalized spacial score (nSPS) is 17.0. The average molecular weight is 462 g/mol. The Morgan fingerprint density at radius 3 is 2.61 bits per heavy atom. The molecule has 0 bridgehead atoms. The van der Waals surface area contributed by atoms with Gasteiger partial charge in [-0.05, 0) is 45.9 Å². The predicted octanol–water partition coefficient (Wildman–Crippen LogP) is 3.58.